The second-order valence-corrected chi connectivity index (χ2v) is 5.74. The number of anilines is 1. The van der Waals surface area contributed by atoms with Crippen LogP contribution in [0.25, 0.3) is 17.5 Å². The molecule has 1 aromatic heterocycles. The number of benzene rings is 1. The molecule has 0 fully saturated rings. The van der Waals surface area contributed by atoms with Gasteiger partial charge in [-0.15, -0.1) is 0 Å². The Balaban J connectivity index is 1.81. The van der Waals surface area contributed by atoms with Crippen LogP contribution in [-0.2, 0) is 12.7 Å². The van der Waals surface area contributed by atoms with Gasteiger partial charge >= 0.3 is 12.3 Å². The summed E-state index contributed by atoms with van der Waals surface area (Å²) in [6.45, 7) is 0.487. The van der Waals surface area contributed by atoms with Crippen molar-refractivity contribution in [2.45, 2.75) is 12.7 Å². The van der Waals surface area contributed by atoms with Crippen LogP contribution >= 0.6 is 0 Å². The fourth-order valence-electron chi connectivity index (χ4n) is 3.04. The fraction of sp³-hybridized carbons (Fsp3) is 0.188. The summed E-state index contributed by atoms with van der Waals surface area (Å²) in [5, 5.41) is 15.6. The van der Waals surface area contributed by atoms with Crippen molar-refractivity contribution in [1.82, 2.24) is 15.1 Å². The molecule has 0 atom stereocenters. The molecule has 0 unspecified atom stereocenters. The molecule has 0 spiro atoms. The first kappa shape index (κ1) is 16.2. The number of carboxylic acid groups (broad SMARTS) is 1. The lowest BCUT2D eigenvalue weighted by Gasteiger charge is -2.30. The summed E-state index contributed by atoms with van der Waals surface area (Å²) in [6, 6.07) is 4.95. The van der Waals surface area contributed by atoms with Crippen molar-refractivity contribution < 1.29 is 23.1 Å². The third-order valence-electron chi connectivity index (χ3n) is 4.10. The van der Waals surface area contributed by atoms with E-state index in [0.29, 0.717) is 29.2 Å². The van der Waals surface area contributed by atoms with Gasteiger partial charge in [0.2, 0.25) is 5.96 Å². The average Bonchev–Trinajstić information content (AvgIpc) is 2.97. The number of hydrogen-bond acceptors (Lipinski definition) is 4. The zero-order valence-electron chi connectivity index (χ0n) is 13.2. The number of rotatable bonds is 1. The summed E-state index contributed by atoms with van der Waals surface area (Å²) in [5.74, 6) is 0.754. The Morgan fingerprint density at radius 1 is 1.31 bits per heavy atom. The minimum absolute atomic E-state index is 0.112. The summed E-state index contributed by atoms with van der Waals surface area (Å²) in [5.41, 5.74) is 0.605. The van der Waals surface area contributed by atoms with Gasteiger partial charge in [-0.05, 0) is 18.2 Å². The number of guanidine groups is 1. The van der Waals surface area contributed by atoms with Crippen LogP contribution < -0.4 is 10.2 Å². The first-order chi connectivity index (χ1) is 12.3. The van der Waals surface area contributed by atoms with Crippen LogP contribution in [0, 0.1) is 0 Å². The van der Waals surface area contributed by atoms with Crippen molar-refractivity contribution in [2.75, 3.05) is 11.4 Å². The molecule has 26 heavy (non-hydrogen) atoms. The normalized spacial score (nSPS) is 15.5. The van der Waals surface area contributed by atoms with E-state index in [2.05, 4.69) is 15.4 Å². The van der Waals surface area contributed by atoms with Crippen LogP contribution in [0.3, 0.4) is 0 Å². The number of hydrogen-bond donors (Lipinski definition) is 2. The zero-order valence-corrected chi connectivity index (χ0v) is 13.2. The van der Waals surface area contributed by atoms with E-state index in [1.807, 2.05) is 0 Å². The molecule has 1 amide bonds. The Labute approximate surface area is 145 Å². The third kappa shape index (κ3) is 2.59. The molecule has 2 N–H and O–H groups in total. The van der Waals surface area contributed by atoms with E-state index in [4.69, 9.17) is 5.11 Å². The smallest absolute Gasteiger partial charge is 0.416 e. The van der Waals surface area contributed by atoms with Crippen LogP contribution in [0.15, 0.2) is 35.3 Å². The van der Waals surface area contributed by atoms with Crippen molar-refractivity contribution in [2.24, 2.45) is 4.99 Å². The van der Waals surface area contributed by atoms with Crippen molar-refractivity contribution >= 4 is 24.1 Å². The van der Waals surface area contributed by atoms with E-state index in [0.717, 1.165) is 12.1 Å². The molecule has 7 nitrogen and oxygen atoms in total. The van der Waals surface area contributed by atoms with E-state index in [1.165, 1.54) is 10.7 Å². The van der Waals surface area contributed by atoms with Gasteiger partial charge in [-0.25, -0.2) is 14.5 Å². The van der Waals surface area contributed by atoms with Gasteiger partial charge in [-0.1, -0.05) is 12.1 Å². The van der Waals surface area contributed by atoms with Gasteiger partial charge < -0.3 is 5.11 Å². The fourth-order valence-corrected chi connectivity index (χ4v) is 3.04. The van der Waals surface area contributed by atoms with Crippen molar-refractivity contribution in [3.8, 4) is 11.3 Å². The molecule has 0 bridgehead atoms. The van der Waals surface area contributed by atoms with Gasteiger partial charge in [-0.3, -0.25) is 10.2 Å². The van der Waals surface area contributed by atoms with Crippen LogP contribution in [-0.4, -0.2) is 33.5 Å². The van der Waals surface area contributed by atoms with E-state index < -0.39 is 17.8 Å². The molecule has 2 aliphatic heterocycles. The molecular formula is C16H12F3N5O2. The summed E-state index contributed by atoms with van der Waals surface area (Å²) in [4.78, 5) is 16.8. The van der Waals surface area contributed by atoms with Gasteiger partial charge in [0.05, 0.1) is 12.1 Å². The second kappa shape index (κ2) is 5.61. The number of carbonyl (C=O) groups is 1. The van der Waals surface area contributed by atoms with Gasteiger partial charge in [0.1, 0.15) is 11.5 Å². The Bertz CT molecular complexity index is 961. The molecule has 0 saturated carbocycles. The molecule has 10 heteroatoms. The maximum absolute atomic E-state index is 13.0. The van der Waals surface area contributed by atoms with Gasteiger partial charge in [-0.2, -0.15) is 18.3 Å². The number of halogens is 3. The third-order valence-corrected chi connectivity index (χ3v) is 4.10. The number of nitrogens with one attached hydrogen (secondary N) is 1. The Morgan fingerprint density at radius 2 is 2.12 bits per heavy atom. The molecule has 1 aromatic carbocycles. The lowest BCUT2D eigenvalue weighted by Crippen LogP contribution is -2.47. The highest BCUT2D eigenvalue weighted by Gasteiger charge is 2.33. The van der Waals surface area contributed by atoms with Gasteiger partial charge in [0, 0.05) is 23.9 Å². The first-order valence-corrected chi connectivity index (χ1v) is 7.62. The van der Waals surface area contributed by atoms with Crippen LogP contribution in [0.1, 0.15) is 11.1 Å². The Hall–Kier alpha value is -3.30. The highest BCUT2D eigenvalue weighted by molar-refractivity contribution is 6.05. The SMILES string of the molecule is O=C(O)NC1=NCc2c(-c3cccc(C(F)(F)F)c3)nn3c2N1CC=C3. The average molecular weight is 363 g/mol. The van der Waals surface area contributed by atoms with Crippen molar-refractivity contribution in [3.63, 3.8) is 0 Å². The summed E-state index contributed by atoms with van der Waals surface area (Å²) < 4.78 is 40.5. The lowest BCUT2D eigenvalue weighted by molar-refractivity contribution is -0.137. The number of aromatic nitrogens is 2. The second-order valence-electron chi connectivity index (χ2n) is 5.74. The van der Waals surface area contributed by atoms with Gasteiger partial charge in [0.15, 0.2) is 0 Å². The van der Waals surface area contributed by atoms with Crippen molar-refractivity contribution in [3.05, 3.63) is 41.5 Å². The number of aliphatic imine (C=N–C) groups is 1. The molecule has 4 rings (SSSR count). The maximum atomic E-state index is 13.0. The van der Waals surface area contributed by atoms with Crippen LogP contribution in [0.2, 0.25) is 0 Å². The molecule has 134 valence electrons. The Morgan fingerprint density at radius 3 is 2.85 bits per heavy atom. The summed E-state index contributed by atoms with van der Waals surface area (Å²) in [7, 11) is 0. The molecule has 0 saturated heterocycles. The zero-order chi connectivity index (χ0) is 18.5. The standard InChI is InChI=1S/C16H12F3N5O2/c17-16(18,19)10-4-1-3-9(7-10)12-11-8-20-14(21-15(25)26)23-5-2-6-24(22-12)13(11)23/h1-4,6-7H,5,8H2,(H,20,21)(H,25,26). The van der Waals surface area contributed by atoms with Crippen molar-refractivity contribution in [1.29, 1.82) is 0 Å². The van der Waals surface area contributed by atoms with Crippen LogP contribution in [0.4, 0.5) is 23.8 Å². The highest BCUT2D eigenvalue weighted by Crippen LogP contribution is 2.38. The van der Waals surface area contributed by atoms with E-state index in [9.17, 15) is 18.0 Å². The predicted molar refractivity (Wildman–Crippen MR) is 87.6 cm³/mol. The molecule has 0 aliphatic carbocycles. The first-order valence-electron chi connectivity index (χ1n) is 7.62. The Kier molecular flexibility index (Phi) is 3.49. The number of nitrogens with zero attached hydrogens (tertiary/aromatic N) is 4. The van der Waals surface area contributed by atoms with E-state index in [1.54, 1.807) is 23.2 Å². The maximum Gasteiger partial charge on any atom is 0.416 e. The minimum Gasteiger partial charge on any atom is -0.465 e. The van der Waals surface area contributed by atoms with E-state index in [-0.39, 0.29) is 12.5 Å². The van der Waals surface area contributed by atoms with E-state index >= 15 is 0 Å². The lowest BCUT2D eigenvalue weighted by atomic mass is 10.0. The molecule has 0 radical (unpaired) electrons. The molecule has 2 aromatic rings. The molecule has 2 aliphatic rings. The topological polar surface area (TPSA) is 82.7 Å². The summed E-state index contributed by atoms with van der Waals surface area (Å²) >= 11 is 0. The minimum atomic E-state index is -4.45. The van der Waals surface area contributed by atoms with Gasteiger partial charge in [0.25, 0.3) is 0 Å². The molecule has 3 heterocycles. The summed E-state index contributed by atoms with van der Waals surface area (Å²) in [6.07, 6.45) is -2.25. The monoisotopic (exact) mass is 363 g/mol. The largest absolute Gasteiger partial charge is 0.465 e. The highest BCUT2D eigenvalue weighted by atomic mass is 19.4. The number of amides is 1. The quantitative estimate of drug-likeness (QED) is 0.816. The predicted octanol–water partition coefficient (Wildman–Crippen LogP) is 3.00. The molecular weight excluding hydrogens is 351 g/mol. The van der Waals surface area contributed by atoms with Crippen LogP contribution in [0.5, 0.6) is 0 Å². The number of alkyl halides is 3.